The van der Waals surface area contributed by atoms with Gasteiger partial charge in [0.15, 0.2) is 0 Å². The lowest BCUT2D eigenvalue weighted by molar-refractivity contribution is 0.164. The third kappa shape index (κ3) is 1.78. The van der Waals surface area contributed by atoms with Gasteiger partial charge in [-0.2, -0.15) is 5.26 Å². The van der Waals surface area contributed by atoms with Gasteiger partial charge in [0.25, 0.3) is 0 Å². The molecule has 1 atom stereocenters. The van der Waals surface area contributed by atoms with E-state index < -0.39 is 6.10 Å². The zero-order valence-corrected chi connectivity index (χ0v) is 8.80. The molecule has 2 rings (SSSR count). The molecule has 82 valence electrons. The van der Waals surface area contributed by atoms with Crippen LogP contribution in [0, 0.1) is 11.3 Å². The molecule has 0 saturated carbocycles. The number of aliphatic hydroxyl groups excluding tert-OH is 1. The second-order valence-corrected chi connectivity index (χ2v) is 3.71. The SMILES string of the molecule is N#Cc1cccc2c1ccn2C[C@@H](O)CN. The lowest BCUT2D eigenvalue weighted by atomic mass is 10.1. The van der Waals surface area contributed by atoms with Gasteiger partial charge in [-0.3, -0.25) is 0 Å². The summed E-state index contributed by atoms with van der Waals surface area (Å²) in [5, 5.41) is 19.4. The van der Waals surface area contributed by atoms with Gasteiger partial charge in [0.05, 0.1) is 17.7 Å². The Morgan fingerprint density at radius 3 is 2.94 bits per heavy atom. The van der Waals surface area contributed by atoms with E-state index in [4.69, 9.17) is 11.0 Å². The van der Waals surface area contributed by atoms with Crippen molar-refractivity contribution in [2.75, 3.05) is 6.54 Å². The van der Waals surface area contributed by atoms with Crippen molar-refractivity contribution >= 4 is 10.9 Å². The molecule has 0 unspecified atom stereocenters. The van der Waals surface area contributed by atoms with Crippen molar-refractivity contribution in [1.82, 2.24) is 4.57 Å². The molecule has 0 bridgehead atoms. The number of nitrogens with two attached hydrogens (primary N) is 1. The molecule has 1 heterocycles. The first-order valence-corrected chi connectivity index (χ1v) is 5.12. The van der Waals surface area contributed by atoms with Gasteiger partial charge in [-0.1, -0.05) is 6.07 Å². The lowest BCUT2D eigenvalue weighted by Gasteiger charge is -2.10. The van der Waals surface area contributed by atoms with Gasteiger partial charge in [0.1, 0.15) is 0 Å². The van der Waals surface area contributed by atoms with Crippen molar-refractivity contribution < 1.29 is 5.11 Å². The fourth-order valence-electron chi connectivity index (χ4n) is 1.78. The van der Waals surface area contributed by atoms with Crippen molar-refractivity contribution in [1.29, 1.82) is 5.26 Å². The minimum Gasteiger partial charge on any atom is -0.390 e. The van der Waals surface area contributed by atoms with Crippen LogP contribution in [0.2, 0.25) is 0 Å². The Morgan fingerprint density at radius 1 is 1.44 bits per heavy atom. The molecule has 3 N–H and O–H groups in total. The molecule has 16 heavy (non-hydrogen) atoms. The molecule has 2 aromatic rings. The van der Waals surface area contributed by atoms with Crippen LogP contribution in [0.15, 0.2) is 30.5 Å². The van der Waals surface area contributed by atoms with Crippen LogP contribution in [-0.2, 0) is 6.54 Å². The summed E-state index contributed by atoms with van der Waals surface area (Å²) in [6, 6.07) is 9.59. The summed E-state index contributed by atoms with van der Waals surface area (Å²) in [6.07, 6.45) is 1.31. The Hall–Kier alpha value is -1.83. The van der Waals surface area contributed by atoms with E-state index in [9.17, 15) is 5.11 Å². The normalized spacial score (nSPS) is 12.6. The average molecular weight is 215 g/mol. The number of rotatable bonds is 3. The number of benzene rings is 1. The number of nitrogens with zero attached hydrogens (tertiary/aromatic N) is 2. The third-order valence-corrected chi connectivity index (χ3v) is 2.61. The highest BCUT2D eigenvalue weighted by Gasteiger charge is 2.07. The molecule has 0 spiro atoms. The number of aromatic nitrogens is 1. The van der Waals surface area contributed by atoms with Gasteiger partial charge in [-0.05, 0) is 18.2 Å². The van der Waals surface area contributed by atoms with E-state index in [1.165, 1.54) is 0 Å². The van der Waals surface area contributed by atoms with Crippen LogP contribution >= 0.6 is 0 Å². The Kier molecular flexibility index (Phi) is 2.91. The monoisotopic (exact) mass is 215 g/mol. The van der Waals surface area contributed by atoms with Crippen LogP contribution in [0.4, 0.5) is 0 Å². The third-order valence-electron chi connectivity index (χ3n) is 2.61. The van der Waals surface area contributed by atoms with Gasteiger partial charge in [-0.15, -0.1) is 0 Å². The van der Waals surface area contributed by atoms with E-state index in [1.54, 1.807) is 6.07 Å². The molecular weight excluding hydrogens is 202 g/mol. The number of aliphatic hydroxyl groups is 1. The van der Waals surface area contributed by atoms with Crippen LogP contribution in [0.1, 0.15) is 5.56 Å². The highest BCUT2D eigenvalue weighted by atomic mass is 16.3. The summed E-state index contributed by atoms with van der Waals surface area (Å²) in [5.41, 5.74) is 6.97. The average Bonchev–Trinajstić information content (AvgIpc) is 2.72. The summed E-state index contributed by atoms with van der Waals surface area (Å²) >= 11 is 0. The summed E-state index contributed by atoms with van der Waals surface area (Å²) in [6.45, 7) is 0.687. The van der Waals surface area contributed by atoms with Crippen LogP contribution in [0.25, 0.3) is 10.9 Å². The van der Waals surface area contributed by atoms with Gasteiger partial charge < -0.3 is 15.4 Å². The number of hydrogen-bond acceptors (Lipinski definition) is 3. The maximum atomic E-state index is 9.50. The number of nitriles is 1. The van der Waals surface area contributed by atoms with Gasteiger partial charge in [0, 0.05) is 30.2 Å². The second-order valence-electron chi connectivity index (χ2n) is 3.71. The highest BCUT2D eigenvalue weighted by molar-refractivity contribution is 5.85. The van der Waals surface area contributed by atoms with Crippen molar-refractivity contribution in [2.45, 2.75) is 12.6 Å². The maximum Gasteiger partial charge on any atom is 0.0998 e. The first-order chi connectivity index (χ1) is 7.76. The maximum absolute atomic E-state index is 9.50. The van der Waals surface area contributed by atoms with E-state index in [-0.39, 0.29) is 6.54 Å². The van der Waals surface area contributed by atoms with Crippen LogP contribution in [0.3, 0.4) is 0 Å². The highest BCUT2D eigenvalue weighted by Crippen LogP contribution is 2.19. The largest absolute Gasteiger partial charge is 0.390 e. The topological polar surface area (TPSA) is 75.0 Å². The minimum atomic E-state index is -0.554. The number of fused-ring (bicyclic) bond motifs is 1. The zero-order chi connectivity index (χ0) is 11.5. The first kappa shape index (κ1) is 10.7. The molecule has 4 nitrogen and oxygen atoms in total. The number of hydrogen-bond donors (Lipinski definition) is 2. The van der Waals surface area contributed by atoms with Crippen LogP contribution in [0.5, 0.6) is 0 Å². The van der Waals surface area contributed by atoms with Crippen molar-refractivity contribution in [2.24, 2.45) is 5.73 Å². The van der Waals surface area contributed by atoms with E-state index in [1.807, 2.05) is 29.0 Å². The molecule has 0 radical (unpaired) electrons. The molecule has 0 saturated heterocycles. The van der Waals surface area contributed by atoms with Crippen molar-refractivity contribution in [3.8, 4) is 6.07 Å². The van der Waals surface area contributed by atoms with Crippen molar-refractivity contribution in [3.63, 3.8) is 0 Å². The molecule has 0 fully saturated rings. The van der Waals surface area contributed by atoms with Gasteiger partial charge >= 0.3 is 0 Å². The van der Waals surface area contributed by atoms with Crippen molar-refractivity contribution in [3.05, 3.63) is 36.0 Å². The lowest BCUT2D eigenvalue weighted by Crippen LogP contribution is -2.24. The molecule has 0 amide bonds. The fourth-order valence-corrected chi connectivity index (χ4v) is 1.78. The predicted octanol–water partition coefficient (Wildman–Crippen LogP) is 0.833. The quantitative estimate of drug-likeness (QED) is 0.796. The van der Waals surface area contributed by atoms with E-state index in [0.717, 1.165) is 10.9 Å². The molecule has 4 heteroatoms. The molecule has 0 aliphatic carbocycles. The summed E-state index contributed by atoms with van der Waals surface area (Å²) in [7, 11) is 0. The van der Waals surface area contributed by atoms with Crippen LogP contribution < -0.4 is 5.73 Å². The zero-order valence-electron chi connectivity index (χ0n) is 8.80. The minimum absolute atomic E-state index is 0.234. The van der Waals surface area contributed by atoms with Gasteiger partial charge in [-0.25, -0.2) is 0 Å². The molecule has 1 aromatic carbocycles. The van der Waals surface area contributed by atoms with Gasteiger partial charge in [0.2, 0.25) is 0 Å². The Balaban J connectivity index is 2.46. The molecular formula is C12H13N3O. The predicted molar refractivity (Wildman–Crippen MR) is 61.7 cm³/mol. The molecule has 0 aliphatic heterocycles. The van der Waals surface area contributed by atoms with E-state index in [0.29, 0.717) is 12.1 Å². The summed E-state index contributed by atoms with van der Waals surface area (Å²) in [4.78, 5) is 0. The van der Waals surface area contributed by atoms with E-state index in [2.05, 4.69) is 6.07 Å². The van der Waals surface area contributed by atoms with E-state index >= 15 is 0 Å². The first-order valence-electron chi connectivity index (χ1n) is 5.12. The molecule has 1 aromatic heterocycles. The Morgan fingerprint density at radius 2 is 2.25 bits per heavy atom. The fraction of sp³-hybridized carbons (Fsp3) is 0.250. The molecule has 0 aliphatic rings. The standard InChI is InChI=1S/C12H13N3O/c13-6-9-2-1-3-12-11(9)4-5-15(12)8-10(16)7-14/h1-5,10,16H,7-8,14H2/t10-/m0/s1. The smallest absolute Gasteiger partial charge is 0.0998 e. The second kappa shape index (κ2) is 4.35. The Labute approximate surface area is 93.5 Å². The summed E-state index contributed by atoms with van der Waals surface area (Å²) in [5.74, 6) is 0. The Bertz CT molecular complexity index is 539. The van der Waals surface area contributed by atoms with Crippen LogP contribution in [-0.4, -0.2) is 22.3 Å². The summed E-state index contributed by atoms with van der Waals surface area (Å²) < 4.78 is 1.91.